The van der Waals surface area contributed by atoms with Crippen molar-refractivity contribution in [3.05, 3.63) is 0 Å². The van der Waals surface area contributed by atoms with E-state index in [1.165, 1.54) is 11.9 Å². The first-order chi connectivity index (χ1) is 14.5. The normalized spacial score (nSPS) is 19.3. The van der Waals surface area contributed by atoms with Crippen molar-refractivity contribution in [3.8, 4) is 0 Å². The average molecular weight is 462 g/mol. The molecule has 0 aromatic heterocycles. The van der Waals surface area contributed by atoms with Crippen LogP contribution in [0.15, 0.2) is 0 Å². The minimum absolute atomic E-state index is 0.162. The number of rotatable bonds is 17. The summed E-state index contributed by atoms with van der Waals surface area (Å²) in [5.41, 5.74) is -0.831. The van der Waals surface area contributed by atoms with E-state index >= 15 is 0 Å². The third-order valence-corrected chi connectivity index (χ3v) is 6.73. The summed E-state index contributed by atoms with van der Waals surface area (Å²) in [6, 6.07) is -0.719. The van der Waals surface area contributed by atoms with Crippen LogP contribution in [0.4, 0.5) is 4.79 Å². The van der Waals surface area contributed by atoms with E-state index < -0.39 is 21.7 Å². The van der Waals surface area contributed by atoms with Gasteiger partial charge in [0.2, 0.25) is 10.0 Å². The lowest BCUT2D eigenvalue weighted by Crippen LogP contribution is -2.39. The Labute approximate surface area is 188 Å². The van der Waals surface area contributed by atoms with Gasteiger partial charge >= 0.3 is 6.03 Å². The molecular formula is C22H43N3O5S. The molecule has 0 aromatic rings. The molecule has 1 heterocycles. The second-order valence-electron chi connectivity index (χ2n) is 9.17. The maximum atomic E-state index is 12.5. The summed E-state index contributed by atoms with van der Waals surface area (Å²) >= 11 is 0. The van der Waals surface area contributed by atoms with Gasteiger partial charge in [0.25, 0.3) is 5.91 Å². The van der Waals surface area contributed by atoms with Gasteiger partial charge in [-0.3, -0.25) is 9.69 Å². The molecule has 1 saturated heterocycles. The van der Waals surface area contributed by atoms with Crippen LogP contribution in [0.5, 0.6) is 0 Å². The molecule has 1 fully saturated rings. The van der Waals surface area contributed by atoms with Gasteiger partial charge in [-0.15, -0.1) is 0 Å². The summed E-state index contributed by atoms with van der Waals surface area (Å²) in [4.78, 5) is 27.9. The molecule has 0 bridgehead atoms. The number of hydrogen-bond donors (Lipinski definition) is 2. The summed E-state index contributed by atoms with van der Waals surface area (Å²) < 4.78 is 24.5. The quantitative estimate of drug-likeness (QED) is 0.255. The van der Waals surface area contributed by atoms with E-state index in [1.54, 1.807) is 4.90 Å². The Morgan fingerprint density at radius 1 is 1.00 bits per heavy atom. The molecule has 2 unspecified atom stereocenters. The number of carbonyl (C=O) groups excluding carboxylic acids is 2. The van der Waals surface area contributed by atoms with Gasteiger partial charge in [0, 0.05) is 20.1 Å². The molecule has 2 atom stereocenters. The minimum Gasteiger partial charge on any atom is -0.390 e. The zero-order chi connectivity index (χ0) is 23.5. The van der Waals surface area contributed by atoms with Gasteiger partial charge in [-0.05, 0) is 32.6 Å². The Hall–Kier alpha value is -1.19. The SMILES string of the molecule is CCCCCCC(C)(O)CCN1C(=O)N(C)C(=O)C1CCCCCCCNS(C)(=O)=O. The highest BCUT2D eigenvalue weighted by Gasteiger charge is 2.42. The smallest absolute Gasteiger partial charge is 0.327 e. The van der Waals surface area contributed by atoms with Gasteiger partial charge in [0.1, 0.15) is 6.04 Å². The molecular weight excluding hydrogens is 418 g/mol. The molecule has 0 aliphatic carbocycles. The molecule has 0 saturated carbocycles. The molecule has 0 aromatic carbocycles. The number of carbonyl (C=O) groups is 2. The minimum atomic E-state index is -3.13. The fourth-order valence-electron chi connectivity index (χ4n) is 3.98. The lowest BCUT2D eigenvalue weighted by atomic mass is 9.94. The zero-order valence-electron chi connectivity index (χ0n) is 19.9. The number of urea groups is 1. The molecule has 3 amide bonds. The first-order valence-corrected chi connectivity index (χ1v) is 13.6. The molecule has 31 heavy (non-hydrogen) atoms. The van der Waals surface area contributed by atoms with Crippen molar-refractivity contribution in [1.29, 1.82) is 0 Å². The Bertz CT molecular complexity index is 666. The highest BCUT2D eigenvalue weighted by molar-refractivity contribution is 7.88. The lowest BCUT2D eigenvalue weighted by molar-refractivity contribution is -0.127. The highest BCUT2D eigenvalue weighted by atomic mass is 32.2. The number of likely N-dealkylation sites (N-methyl/N-ethyl adjacent to an activating group) is 1. The van der Waals surface area contributed by atoms with E-state index in [-0.39, 0.29) is 11.9 Å². The van der Waals surface area contributed by atoms with Gasteiger partial charge < -0.3 is 10.0 Å². The number of nitrogens with zero attached hydrogens (tertiary/aromatic N) is 2. The van der Waals surface area contributed by atoms with Crippen LogP contribution in [0.25, 0.3) is 0 Å². The van der Waals surface area contributed by atoms with Crippen molar-refractivity contribution in [1.82, 2.24) is 14.5 Å². The maximum absolute atomic E-state index is 12.5. The number of imide groups is 1. The van der Waals surface area contributed by atoms with Crippen LogP contribution in [-0.2, 0) is 14.8 Å². The van der Waals surface area contributed by atoms with Crippen molar-refractivity contribution in [2.24, 2.45) is 0 Å². The number of sulfonamides is 1. The second kappa shape index (κ2) is 13.4. The third-order valence-electron chi connectivity index (χ3n) is 6.00. The van der Waals surface area contributed by atoms with E-state index in [0.717, 1.165) is 64.0 Å². The predicted molar refractivity (Wildman–Crippen MR) is 123 cm³/mol. The molecule has 0 spiro atoms. The first-order valence-electron chi connectivity index (χ1n) is 11.7. The van der Waals surface area contributed by atoms with Gasteiger partial charge in [0.05, 0.1) is 11.9 Å². The van der Waals surface area contributed by atoms with Gasteiger partial charge in [-0.2, -0.15) is 0 Å². The average Bonchev–Trinajstić information content (AvgIpc) is 2.88. The topological polar surface area (TPSA) is 107 Å². The standard InChI is InChI=1S/C22H43N3O5S/c1-5-6-7-12-15-22(2,28)16-18-25-19(20(26)24(3)21(25)27)14-11-9-8-10-13-17-23-31(4,29)30/h19,23,28H,5-18H2,1-4H3. The van der Waals surface area contributed by atoms with Crippen LogP contribution in [-0.4, -0.2) is 73.3 Å². The second-order valence-corrected chi connectivity index (χ2v) is 11.0. The zero-order valence-corrected chi connectivity index (χ0v) is 20.7. The van der Waals surface area contributed by atoms with Gasteiger partial charge in [-0.25, -0.2) is 17.9 Å². The van der Waals surface area contributed by atoms with Crippen molar-refractivity contribution < 1.29 is 23.1 Å². The molecule has 2 N–H and O–H groups in total. The Balaban J connectivity index is 2.40. The summed E-state index contributed by atoms with van der Waals surface area (Å²) in [7, 11) is -1.60. The number of aliphatic hydroxyl groups is 1. The molecule has 1 aliphatic heterocycles. The van der Waals surface area contributed by atoms with Crippen LogP contribution in [0.3, 0.4) is 0 Å². The van der Waals surface area contributed by atoms with E-state index in [0.29, 0.717) is 32.4 Å². The summed E-state index contributed by atoms with van der Waals surface area (Å²) in [5.74, 6) is -0.162. The predicted octanol–water partition coefficient (Wildman–Crippen LogP) is 3.25. The van der Waals surface area contributed by atoms with Crippen molar-refractivity contribution in [3.63, 3.8) is 0 Å². The Kier molecular flexibility index (Phi) is 12.0. The monoisotopic (exact) mass is 461 g/mol. The summed E-state index contributed by atoms with van der Waals surface area (Å²) in [6.45, 7) is 4.81. The maximum Gasteiger partial charge on any atom is 0.327 e. The lowest BCUT2D eigenvalue weighted by Gasteiger charge is -2.28. The molecule has 8 nitrogen and oxygen atoms in total. The molecule has 0 radical (unpaired) electrons. The van der Waals surface area contributed by atoms with Crippen LogP contribution in [0, 0.1) is 0 Å². The molecule has 9 heteroatoms. The summed E-state index contributed by atoms with van der Waals surface area (Å²) in [6.07, 6.45) is 11.8. The van der Waals surface area contributed by atoms with Crippen molar-refractivity contribution in [2.45, 2.75) is 103 Å². The number of nitrogens with one attached hydrogen (secondary N) is 1. The molecule has 1 aliphatic rings. The van der Waals surface area contributed by atoms with E-state index in [4.69, 9.17) is 0 Å². The van der Waals surface area contributed by atoms with E-state index in [1.807, 2.05) is 6.92 Å². The van der Waals surface area contributed by atoms with Crippen LogP contribution >= 0.6 is 0 Å². The largest absolute Gasteiger partial charge is 0.390 e. The van der Waals surface area contributed by atoms with Gasteiger partial charge in [0.15, 0.2) is 0 Å². The fourth-order valence-corrected chi connectivity index (χ4v) is 4.49. The van der Waals surface area contributed by atoms with Crippen molar-refractivity contribution >= 4 is 22.0 Å². The third kappa shape index (κ3) is 10.8. The Morgan fingerprint density at radius 3 is 2.26 bits per heavy atom. The van der Waals surface area contributed by atoms with E-state index in [2.05, 4.69) is 11.6 Å². The summed E-state index contributed by atoms with van der Waals surface area (Å²) in [5, 5.41) is 10.7. The first kappa shape index (κ1) is 27.8. The number of amides is 3. The molecule has 182 valence electrons. The van der Waals surface area contributed by atoms with Crippen LogP contribution < -0.4 is 4.72 Å². The van der Waals surface area contributed by atoms with Crippen LogP contribution in [0.1, 0.15) is 90.9 Å². The van der Waals surface area contributed by atoms with Crippen LogP contribution in [0.2, 0.25) is 0 Å². The fraction of sp³-hybridized carbons (Fsp3) is 0.909. The van der Waals surface area contributed by atoms with Gasteiger partial charge in [-0.1, -0.05) is 58.3 Å². The Morgan fingerprint density at radius 2 is 1.61 bits per heavy atom. The molecule has 1 rings (SSSR count). The van der Waals surface area contributed by atoms with Crippen molar-refractivity contribution in [2.75, 3.05) is 26.4 Å². The number of unbranched alkanes of at least 4 members (excludes halogenated alkanes) is 7. The highest BCUT2D eigenvalue weighted by Crippen LogP contribution is 2.25. The van der Waals surface area contributed by atoms with E-state index in [9.17, 15) is 23.1 Å². The number of hydrogen-bond acceptors (Lipinski definition) is 5.